The molecular formula is C17H25N3O4S. The summed E-state index contributed by atoms with van der Waals surface area (Å²) >= 11 is 0. The number of hydrogen-bond acceptors (Lipinski definition) is 5. The first-order valence-corrected chi connectivity index (χ1v) is 10.1. The zero-order chi connectivity index (χ0) is 18.0. The van der Waals surface area contributed by atoms with Crippen LogP contribution < -0.4 is 15.8 Å². The van der Waals surface area contributed by atoms with Crippen molar-refractivity contribution in [3.8, 4) is 5.75 Å². The van der Waals surface area contributed by atoms with Crippen LogP contribution in [-0.4, -0.2) is 51.4 Å². The van der Waals surface area contributed by atoms with Crippen LogP contribution in [-0.2, 0) is 10.0 Å². The number of ether oxygens (including phenoxy) is 1. The molecule has 0 radical (unpaired) electrons. The Kier molecular flexibility index (Phi) is 5.31. The zero-order valence-corrected chi connectivity index (χ0v) is 15.2. The van der Waals surface area contributed by atoms with Crippen molar-refractivity contribution in [3.63, 3.8) is 0 Å². The molecule has 1 saturated heterocycles. The number of benzene rings is 1. The molecule has 1 saturated carbocycles. The van der Waals surface area contributed by atoms with E-state index in [9.17, 15) is 13.2 Å². The summed E-state index contributed by atoms with van der Waals surface area (Å²) in [6.45, 7) is 1.39. The third kappa shape index (κ3) is 3.96. The molecule has 1 aliphatic heterocycles. The molecular weight excluding hydrogens is 342 g/mol. The molecule has 1 amide bonds. The number of nitrogens with one attached hydrogen (secondary N) is 1. The number of carbonyl (C=O) groups excluding carboxylic acids is 1. The Morgan fingerprint density at radius 2 is 2.04 bits per heavy atom. The van der Waals surface area contributed by atoms with Crippen LogP contribution in [0.4, 0.5) is 0 Å². The average Bonchev–Trinajstić information content (AvgIpc) is 3.32. The van der Waals surface area contributed by atoms with Crippen LogP contribution in [0.25, 0.3) is 0 Å². The molecule has 1 heterocycles. The van der Waals surface area contributed by atoms with Gasteiger partial charge in [0.2, 0.25) is 10.0 Å². The van der Waals surface area contributed by atoms with Crippen LogP contribution in [0.5, 0.6) is 5.75 Å². The summed E-state index contributed by atoms with van der Waals surface area (Å²) in [5, 5.41) is 2.79. The second-order valence-corrected chi connectivity index (χ2v) is 8.59. The molecule has 1 aromatic rings. The van der Waals surface area contributed by atoms with Crippen molar-refractivity contribution in [2.45, 2.75) is 36.6 Å². The number of rotatable bonds is 7. The first-order chi connectivity index (χ1) is 11.9. The van der Waals surface area contributed by atoms with Gasteiger partial charge in [0, 0.05) is 31.2 Å². The van der Waals surface area contributed by atoms with Crippen molar-refractivity contribution < 1.29 is 17.9 Å². The van der Waals surface area contributed by atoms with Gasteiger partial charge in [-0.1, -0.05) is 0 Å². The Balaban J connectivity index is 1.80. The van der Waals surface area contributed by atoms with Gasteiger partial charge in [-0.2, -0.15) is 4.31 Å². The van der Waals surface area contributed by atoms with Gasteiger partial charge in [0.05, 0.1) is 7.11 Å². The van der Waals surface area contributed by atoms with Crippen molar-refractivity contribution in [2.75, 3.05) is 26.7 Å². The normalized spacial score (nSPS) is 19.6. The van der Waals surface area contributed by atoms with E-state index >= 15 is 0 Å². The van der Waals surface area contributed by atoms with E-state index in [1.54, 1.807) is 6.07 Å². The van der Waals surface area contributed by atoms with Crippen LogP contribution in [0.3, 0.4) is 0 Å². The lowest BCUT2D eigenvalue weighted by atomic mass is 10.1. The van der Waals surface area contributed by atoms with E-state index in [0.29, 0.717) is 31.1 Å². The standard InChI is InChI=1S/C17H25N3O4S/c1-24-15-7-6-13(17(21)19-11-14(18)12-4-5-12)10-16(15)25(22,23)20-8-2-3-9-20/h6-7,10,12,14H,2-5,8-9,11,18H2,1H3,(H,19,21). The lowest BCUT2D eigenvalue weighted by Gasteiger charge is -2.18. The number of nitrogens with zero attached hydrogens (tertiary/aromatic N) is 1. The van der Waals surface area contributed by atoms with Crippen LogP contribution in [0.2, 0.25) is 0 Å². The highest BCUT2D eigenvalue weighted by molar-refractivity contribution is 7.89. The van der Waals surface area contributed by atoms with Gasteiger partial charge in [-0.3, -0.25) is 4.79 Å². The van der Waals surface area contributed by atoms with Crippen molar-refractivity contribution in [1.29, 1.82) is 0 Å². The van der Waals surface area contributed by atoms with Gasteiger partial charge >= 0.3 is 0 Å². The molecule has 0 aromatic heterocycles. The number of amides is 1. The number of methoxy groups -OCH3 is 1. The summed E-state index contributed by atoms with van der Waals surface area (Å²) in [7, 11) is -2.25. The van der Waals surface area contributed by atoms with E-state index in [1.807, 2.05) is 0 Å². The SMILES string of the molecule is COc1ccc(C(=O)NCC(N)C2CC2)cc1S(=O)(=O)N1CCCC1. The Bertz CT molecular complexity index is 740. The van der Waals surface area contributed by atoms with Crippen molar-refractivity contribution in [2.24, 2.45) is 11.7 Å². The first kappa shape index (κ1) is 18.2. The number of sulfonamides is 1. The van der Waals surface area contributed by atoms with Gasteiger partial charge in [-0.05, 0) is 49.8 Å². The summed E-state index contributed by atoms with van der Waals surface area (Å²) in [5.74, 6) is 0.414. The number of carbonyl (C=O) groups is 1. The topological polar surface area (TPSA) is 102 Å². The number of hydrogen-bond donors (Lipinski definition) is 2. The predicted octanol–water partition coefficient (Wildman–Crippen LogP) is 0.947. The Hall–Kier alpha value is -1.64. The van der Waals surface area contributed by atoms with E-state index in [2.05, 4.69) is 5.32 Å². The maximum absolute atomic E-state index is 12.8. The van der Waals surface area contributed by atoms with Crippen molar-refractivity contribution in [3.05, 3.63) is 23.8 Å². The summed E-state index contributed by atoms with van der Waals surface area (Å²) in [4.78, 5) is 12.4. The minimum Gasteiger partial charge on any atom is -0.495 e. The highest BCUT2D eigenvalue weighted by atomic mass is 32.2. The van der Waals surface area contributed by atoms with E-state index < -0.39 is 10.0 Å². The lowest BCUT2D eigenvalue weighted by molar-refractivity contribution is 0.0950. The summed E-state index contributed by atoms with van der Waals surface area (Å²) in [5.41, 5.74) is 6.29. The van der Waals surface area contributed by atoms with Gasteiger partial charge < -0.3 is 15.8 Å². The highest BCUT2D eigenvalue weighted by Gasteiger charge is 2.31. The fourth-order valence-corrected chi connectivity index (χ4v) is 4.79. The summed E-state index contributed by atoms with van der Waals surface area (Å²) in [6.07, 6.45) is 3.91. The first-order valence-electron chi connectivity index (χ1n) is 8.65. The van der Waals surface area contributed by atoms with E-state index in [0.717, 1.165) is 25.7 Å². The average molecular weight is 367 g/mol. The molecule has 2 aliphatic rings. The molecule has 25 heavy (non-hydrogen) atoms. The molecule has 1 unspecified atom stereocenters. The molecule has 1 aromatic carbocycles. The van der Waals surface area contributed by atoms with Gasteiger partial charge in [-0.15, -0.1) is 0 Å². The summed E-state index contributed by atoms with van der Waals surface area (Å²) < 4.78 is 32.3. The second-order valence-electron chi connectivity index (χ2n) is 6.69. The monoisotopic (exact) mass is 367 g/mol. The minimum absolute atomic E-state index is 0.0380. The zero-order valence-electron chi connectivity index (χ0n) is 14.4. The molecule has 8 heteroatoms. The Morgan fingerprint density at radius 1 is 1.36 bits per heavy atom. The van der Waals surface area contributed by atoms with Crippen LogP contribution in [0.1, 0.15) is 36.0 Å². The van der Waals surface area contributed by atoms with E-state index in [1.165, 1.54) is 23.5 Å². The largest absolute Gasteiger partial charge is 0.495 e. The molecule has 138 valence electrons. The maximum atomic E-state index is 12.8. The van der Waals surface area contributed by atoms with Gasteiger partial charge in [0.1, 0.15) is 10.6 Å². The molecule has 1 aliphatic carbocycles. The van der Waals surface area contributed by atoms with Crippen LogP contribution in [0.15, 0.2) is 23.1 Å². The van der Waals surface area contributed by atoms with Gasteiger partial charge in [-0.25, -0.2) is 8.42 Å². The quantitative estimate of drug-likeness (QED) is 0.747. The third-order valence-corrected chi connectivity index (χ3v) is 6.75. The smallest absolute Gasteiger partial charge is 0.251 e. The molecule has 7 nitrogen and oxygen atoms in total. The molecule has 3 rings (SSSR count). The molecule has 3 N–H and O–H groups in total. The molecule has 2 fully saturated rings. The van der Waals surface area contributed by atoms with Crippen LogP contribution >= 0.6 is 0 Å². The fraction of sp³-hybridized carbons (Fsp3) is 0.588. The fourth-order valence-electron chi connectivity index (χ4n) is 3.09. The third-order valence-electron chi connectivity index (χ3n) is 4.83. The minimum atomic E-state index is -3.67. The molecule has 1 atom stereocenters. The molecule has 0 spiro atoms. The maximum Gasteiger partial charge on any atom is 0.251 e. The van der Waals surface area contributed by atoms with Gasteiger partial charge in [0.25, 0.3) is 5.91 Å². The van der Waals surface area contributed by atoms with Crippen LogP contribution in [0, 0.1) is 5.92 Å². The summed E-state index contributed by atoms with van der Waals surface area (Å²) in [6, 6.07) is 4.44. The molecule has 0 bridgehead atoms. The van der Waals surface area contributed by atoms with E-state index in [4.69, 9.17) is 10.5 Å². The van der Waals surface area contributed by atoms with E-state index in [-0.39, 0.29) is 22.6 Å². The Morgan fingerprint density at radius 3 is 2.64 bits per heavy atom. The van der Waals surface area contributed by atoms with Crippen molar-refractivity contribution in [1.82, 2.24) is 9.62 Å². The number of nitrogens with two attached hydrogens (primary N) is 1. The highest BCUT2D eigenvalue weighted by Crippen LogP contribution is 2.31. The van der Waals surface area contributed by atoms with Gasteiger partial charge in [0.15, 0.2) is 0 Å². The lowest BCUT2D eigenvalue weighted by Crippen LogP contribution is -2.38. The second kappa shape index (κ2) is 7.31. The predicted molar refractivity (Wildman–Crippen MR) is 94.0 cm³/mol. The Labute approximate surface area is 148 Å². The van der Waals surface area contributed by atoms with Crippen molar-refractivity contribution >= 4 is 15.9 Å².